The summed E-state index contributed by atoms with van der Waals surface area (Å²) >= 11 is 0. The Morgan fingerprint density at radius 3 is 2.47 bits per heavy atom. The number of hydrogen-bond acceptors (Lipinski definition) is 4. The fourth-order valence-corrected chi connectivity index (χ4v) is 2.98. The molecule has 30 heavy (non-hydrogen) atoms. The average Bonchev–Trinajstić information content (AvgIpc) is 2.75. The fraction of sp³-hybridized carbons (Fsp3) is 0.417. The van der Waals surface area contributed by atoms with Gasteiger partial charge in [-0.05, 0) is 43.7 Å². The lowest BCUT2D eigenvalue weighted by Crippen LogP contribution is -2.24. The minimum atomic E-state index is -0.190. The summed E-state index contributed by atoms with van der Waals surface area (Å²) in [4.78, 5) is 24.2. The molecule has 162 valence electrons. The van der Waals surface area contributed by atoms with E-state index in [1.54, 1.807) is 24.3 Å². The normalized spacial score (nSPS) is 10.3. The Hall–Kier alpha value is -3.02. The van der Waals surface area contributed by atoms with Gasteiger partial charge >= 0.3 is 0 Å². The van der Waals surface area contributed by atoms with E-state index in [0.29, 0.717) is 24.4 Å². The van der Waals surface area contributed by atoms with E-state index in [4.69, 9.17) is 4.74 Å². The first-order chi connectivity index (χ1) is 14.6. The van der Waals surface area contributed by atoms with Crippen molar-refractivity contribution in [2.45, 2.75) is 46.0 Å². The van der Waals surface area contributed by atoms with Gasteiger partial charge in [0.15, 0.2) is 0 Å². The van der Waals surface area contributed by atoms with E-state index in [1.165, 1.54) is 25.7 Å². The first-order valence-electron chi connectivity index (χ1n) is 10.8. The van der Waals surface area contributed by atoms with Crippen molar-refractivity contribution in [1.29, 1.82) is 0 Å². The minimum absolute atomic E-state index is 0.117. The number of anilines is 2. The number of carbonyl (C=O) groups is 2. The summed E-state index contributed by atoms with van der Waals surface area (Å²) < 4.78 is 5.81. The Balaban J connectivity index is 1.78. The van der Waals surface area contributed by atoms with Crippen LogP contribution in [0.1, 0.15) is 56.3 Å². The first-order valence-corrected chi connectivity index (χ1v) is 10.8. The van der Waals surface area contributed by atoms with Gasteiger partial charge in [-0.3, -0.25) is 9.59 Å². The summed E-state index contributed by atoms with van der Waals surface area (Å²) in [5, 5.41) is 8.67. The third-order valence-electron chi connectivity index (χ3n) is 4.55. The molecule has 0 aliphatic heterocycles. The highest BCUT2D eigenvalue weighted by atomic mass is 16.5. The van der Waals surface area contributed by atoms with Crippen LogP contribution in [-0.4, -0.2) is 31.5 Å². The molecule has 0 bridgehead atoms. The molecule has 6 nitrogen and oxygen atoms in total. The summed E-state index contributed by atoms with van der Waals surface area (Å²) in [6.07, 6.45) is 6.00. The van der Waals surface area contributed by atoms with Crippen LogP contribution in [0.3, 0.4) is 0 Å². The van der Waals surface area contributed by atoms with Crippen LogP contribution in [0.5, 0.6) is 5.75 Å². The van der Waals surface area contributed by atoms with Crippen LogP contribution < -0.4 is 20.7 Å². The molecule has 0 radical (unpaired) electrons. The third-order valence-corrected chi connectivity index (χ3v) is 4.55. The van der Waals surface area contributed by atoms with Crippen molar-refractivity contribution in [3.8, 4) is 5.75 Å². The van der Waals surface area contributed by atoms with E-state index in [9.17, 15) is 9.59 Å². The summed E-state index contributed by atoms with van der Waals surface area (Å²) in [6.45, 7) is 5.45. The van der Waals surface area contributed by atoms with Gasteiger partial charge in [-0.15, -0.1) is 0 Å². The zero-order valence-corrected chi connectivity index (χ0v) is 18.0. The predicted molar refractivity (Wildman–Crippen MR) is 122 cm³/mol. The molecule has 0 saturated carbocycles. The maximum atomic E-state index is 12.3. The Kier molecular flexibility index (Phi) is 10.3. The molecule has 0 unspecified atom stereocenters. The fourth-order valence-electron chi connectivity index (χ4n) is 2.98. The highest BCUT2D eigenvalue weighted by Crippen LogP contribution is 2.18. The molecule has 0 saturated heterocycles. The van der Waals surface area contributed by atoms with Crippen LogP contribution in [0.15, 0.2) is 48.5 Å². The van der Waals surface area contributed by atoms with Gasteiger partial charge in [0.25, 0.3) is 5.91 Å². The summed E-state index contributed by atoms with van der Waals surface area (Å²) in [7, 11) is 0. The summed E-state index contributed by atoms with van der Waals surface area (Å²) in [5.74, 6) is 0.449. The maximum Gasteiger partial charge on any atom is 0.251 e. The Labute approximate surface area is 179 Å². The second kappa shape index (κ2) is 13.2. The molecule has 6 heteroatoms. The SMILES string of the molecule is CCCCCCCOc1cccc(NCC(=O)Nc2cccc(C(=O)NCC)c2)c1. The number of hydrogen-bond donors (Lipinski definition) is 3. The molecule has 0 atom stereocenters. The van der Waals surface area contributed by atoms with E-state index in [0.717, 1.165) is 17.9 Å². The third kappa shape index (κ3) is 8.55. The largest absolute Gasteiger partial charge is 0.494 e. The molecule has 2 aromatic rings. The van der Waals surface area contributed by atoms with Crippen molar-refractivity contribution >= 4 is 23.2 Å². The van der Waals surface area contributed by atoms with Crippen molar-refractivity contribution in [2.24, 2.45) is 0 Å². The van der Waals surface area contributed by atoms with E-state index < -0.39 is 0 Å². The van der Waals surface area contributed by atoms with Crippen LogP contribution in [-0.2, 0) is 4.79 Å². The number of nitrogens with one attached hydrogen (secondary N) is 3. The van der Waals surface area contributed by atoms with Gasteiger partial charge in [0.2, 0.25) is 5.91 Å². The smallest absolute Gasteiger partial charge is 0.251 e. The van der Waals surface area contributed by atoms with Crippen LogP contribution in [0, 0.1) is 0 Å². The number of rotatable bonds is 13. The lowest BCUT2D eigenvalue weighted by molar-refractivity contribution is -0.114. The van der Waals surface area contributed by atoms with Crippen molar-refractivity contribution < 1.29 is 14.3 Å². The van der Waals surface area contributed by atoms with Gasteiger partial charge in [-0.2, -0.15) is 0 Å². The van der Waals surface area contributed by atoms with Crippen LogP contribution in [0.4, 0.5) is 11.4 Å². The van der Waals surface area contributed by atoms with Crippen LogP contribution >= 0.6 is 0 Å². The molecule has 0 heterocycles. The quantitative estimate of drug-likeness (QED) is 0.412. The van der Waals surface area contributed by atoms with E-state index >= 15 is 0 Å². The lowest BCUT2D eigenvalue weighted by atomic mass is 10.2. The Morgan fingerprint density at radius 2 is 1.67 bits per heavy atom. The van der Waals surface area contributed by atoms with Crippen molar-refractivity contribution in [1.82, 2.24) is 5.32 Å². The van der Waals surface area contributed by atoms with Gasteiger partial charge in [0.1, 0.15) is 5.75 Å². The van der Waals surface area contributed by atoms with Gasteiger partial charge < -0.3 is 20.7 Å². The van der Waals surface area contributed by atoms with Gasteiger partial charge in [-0.1, -0.05) is 44.7 Å². The lowest BCUT2D eigenvalue weighted by Gasteiger charge is -2.11. The van der Waals surface area contributed by atoms with Crippen molar-refractivity contribution in [3.05, 3.63) is 54.1 Å². The summed E-state index contributed by atoms with van der Waals surface area (Å²) in [6, 6.07) is 14.5. The topological polar surface area (TPSA) is 79.5 Å². The molecule has 2 aromatic carbocycles. The number of amides is 2. The number of benzene rings is 2. The average molecular weight is 412 g/mol. The molecule has 2 amide bonds. The highest BCUT2D eigenvalue weighted by molar-refractivity contribution is 5.98. The molecule has 0 spiro atoms. The Bertz CT molecular complexity index is 808. The molecule has 0 aliphatic carbocycles. The van der Waals surface area contributed by atoms with Gasteiger partial charge in [-0.25, -0.2) is 0 Å². The number of unbranched alkanes of at least 4 members (excludes halogenated alkanes) is 4. The molecule has 2 rings (SSSR count). The number of carbonyl (C=O) groups excluding carboxylic acids is 2. The van der Waals surface area contributed by atoms with Crippen LogP contribution in [0.2, 0.25) is 0 Å². The second-order valence-corrected chi connectivity index (χ2v) is 7.13. The van der Waals surface area contributed by atoms with Crippen molar-refractivity contribution in [2.75, 3.05) is 30.3 Å². The Morgan fingerprint density at radius 1 is 0.900 bits per heavy atom. The molecule has 3 N–H and O–H groups in total. The zero-order chi connectivity index (χ0) is 21.6. The van der Waals surface area contributed by atoms with E-state index in [1.807, 2.05) is 31.2 Å². The second-order valence-electron chi connectivity index (χ2n) is 7.13. The maximum absolute atomic E-state index is 12.3. The predicted octanol–water partition coefficient (Wildman–Crippen LogP) is 4.84. The molecule has 0 fully saturated rings. The van der Waals surface area contributed by atoms with Gasteiger partial charge in [0.05, 0.1) is 13.2 Å². The highest BCUT2D eigenvalue weighted by Gasteiger charge is 2.07. The van der Waals surface area contributed by atoms with Crippen LogP contribution in [0.25, 0.3) is 0 Å². The molecular formula is C24H33N3O3. The minimum Gasteiger partial charge on any atom is -0.494 e. The standard InChI is InChI=1S/C24H33N3O3/c1-3-5-6-7-8-15-30-22-14-10-12-20(17-22)26-18-23(28)27-21-13-9-11-19(16-21)24(29)25-4-2/h9-14,16-17,26H,3-8,15,18H2,1-2H3,(H,25,29)(H,27,28). The zero-order valence-electron chi connectivity index (χ0n) is 18.0. The monoisotopic (exact) mass is 411 g/mol. The first kappa shape index (κ1) is 23.3. The molecule has 0 aromatic heterocycles. The van der Waals surface area contributed by atoms with E-state index in [-0.39, 0.29) is 18.4 Å². The van der Waals surface area contributed by atoms with Crippen molar-refractivity contribution in [3.63, 3.8) is 0 Å². The number of ether oxygens (including phenoxy) is 1. The van der Waals surface area contributed by atoms with Gasteiger partial charge in [0, 0.05) is 29.5 Å². The molecule has 0 aliphatic rings. The summed E-state index contributed by atoms with van der Waals surface area (Å²) in [5.41, 5.74) is 1.93. The molecular weight excluding hydrogens is 378 g/mol. The van der Waals surface area contributed by atoms with E-state index in [2.05, 4.69) is 22.9 Å².